The minimum Gasteiger partial charge on any atom is -0.489 e. The van der Waals surface area contributed by atoms with E-state index >= 15 is 0 Å². The van der Waals surface area contributed by atoms with Crippen LogP contribution in [0.25, 0.3) is 28.0 Å². The van der Waals surface area contributed by atoms with Crippen LogP contribution in [0.4, 0.5) is 4.39 Å². The average molecular weight is 452 g/mol. The molecule has 0 amide bonds. The molecule has 0 spiro atoms. The number of nitrogens with one attached hydrogen (secondary N) is 1. The van der Waals surface area contributed by atoms with Crippen LogP contribution in [0.5, 0.6) is 5.75 Å². The minimum atomic E-state index is -0.232. The number of ether oxygens (including phenoxy) is 1. The number of pyridine rings is 1. The smallest absolute Gasteiger partial charge is 0.123 e. The molecule has 5 heteroatoms. The molecule has 0 aliphatic carbocycles. The number of fused-ring (bicyclic) bond motifs is 1. The lowest BCUT2D eigenvalue weighted by molar-refractivity contribution is 0.199. The molecule has 0 bridgehead atoms. The number of H-pyrrole nitrogens is 1. The molecular weight excluding hydrogens is 425 g/mol. The Morgan fingerprint density at radius 2 is 1.74 bits per heavy atom. The molecule has 4 nitrogen and oxygen atoms in total. The number of hydrogen-bond donors (Lipinski definition) is 1. The van der Waals surface area contributed by atoms with Crippen molar-refractivity contribution in [2.24, 2.45) is 0 Å². The molecule has 2 aliphatic heterocycles. The fraction of sp³-hybridized carbons (Fsp3) is 0.207. The first-order valence-corrected chi connectivity index (χ1v) is 11.8. The van der Waals surface area contributed by atoms with E-state index in [2.05, 4.69) is 27.1 Å². The van der Waals surface area contributed by atoms with Crippen molar-refractivity contribution in [2.75, 3.05) is 13.1 Å². The number of hydrogen-bond acceptors (Lipinski definition) is 3. The number of aromatic nitrogens is 2. The van der Waals surface area contributed by atoms with Gasteiger partial charge in [0.2, 0.25) is 0 Å². The van der Waals surface area contributed by atoms with Gasteiger partial charge in [0, 0.05) is 55.3 Å². The summed E-state index contributed by atoms with van der Waals surface area (Å²) in [5.41, 5.74) is 6.76. The normalized spacial score (nSPS) is 20.1. The van der Waals surface area contributed by atoms with Crippen LogP contribution >= 0.6 is 0 Å². The number of benzene rings is 2. The number of nitrogens with zero attached hydrogens (tertiary/aromatic N) is 2. The van der Waals surface area contributed by atoms with Crippen molar-refractivity contribution < 1.29 is 9.13 Å². The van der Waals surface area contributed by atoms with Gasteiger partial charge in [-0.3, -0.25) is 9.88 Å². The summed E-state index contributed by atoms with van der Waals surface area (Å²) in [7, 11) is 0. The van der Waals surface area contributed by atoms with Gasteiger partial charge in [-0.25, -0.2) is 4.39 Å². The number of para-hydroxylation sites is 1. The quantitative estimate of drug-likeness (QED) is 0.393. The molecular formula is C29H26FN3O. The second kappa shape index (κ2) is 8.92. The van der Waals surface area contributed by atoms with Gasteiger partial charge in [-0.15, -0.1) is 0 Å². The van der Waals surface area contributed by atoms with Gasteiger partial charge in [-0.1, -0.05) is 24.3 Å². The predicted octanol–water partition coefficient (Wildman–Crippen LogP) is 6.19. The number of halogens is 1. The maximum absolute atomic E-state index is 13.6. The minimum absolute atomic E-state index is 0.198. The molecule has 1 fully saturated rings. The topological polar surface area (TPSA) is 41.1 Å². The van der Waals surface area contributed by atoms with Gasteiger partial charge < -0.3 is 9.72 Å². The standard InChI is InChI=1S/C29H26FN3O/c30-23-8-6-21(7-9-23)29-28(20-10-13-31-14-11-20)27(18-32-29)22-12-15-33-19-26(17-24(33)16-22)34-25-4-2-1-3-5-25/h1-11,13-14,16,18,24,26,32H,12,15,17,19H2/t24-,26+/m1/s1. The first kappa shape index (κ1) is 20.9. The summed E-state index contributed by atoms with van der Waals surface area (Å²) in [6, 6.07) is 21.2. The molecule has 2 aromatic carbocycles. The van der Waals surface area contributed by atoms with E-state index in [9.17, 15) is 4.39 Å². The van der Waals surface area contributed by atoms with Crippen molar-refractivity contribution in [2.45, 2.75) is 25.0 Å². The summed E-state index contributed by atoms with van der Waals surface area (Å²) in [4.78, 5) is 10.2. The second-order valence-corrected chi connectivity index (χ2v) is 8.99. The molecule has 34 heavy (non-hydrogen) atoms. The van der Waals surface area contributed by atoms with Crippen LogP contribution in [0, 0.1) is 5.82 Å². The van der Waals surface area contributed by atoms with Gasteiger partial charge in [-0.2, -0.15) is 0 Å². The highest BCUT2D eigenvalue weighted by atomic mass is 19.1. The third-order valence-corrected chi connectivity index (χ3v) is 6.85. The van der Waals surface area contributed by atoms with Gasteiger partial charge in [0.15, 0.2) is 0 Å². The molecule has 0 radical (unpaired) electrons. The van der Waals surface area contributed by atoms with E-state index in [4.69, 9.17) is 4.74 Å². The highest BCUT2D eigenvalue weighted by Gasteiger charge is 2.35. The molecule has 0 saturated carbocycles. The maximum Gasteiger partial charge on any atom is 0.123 e. The van der Waals surface area contributed by atoms with E-state index in [1.807, 2.05) is 67.0 Å². The summed E-state index contributed by atoms with van der Waals surface area (Å²) >= 11 is 0. The van der Waals surface area contributed by atoms with Gasteiger partial charge in [0.25, 0.3) is 0 Å². The second-order valence-electron chi connectivity index (χ2n) is 8.99. The molecule has 6 rings (SSSR count). The first-order valence-electron chi connectivity index (χ1n) is 11.8. The van der Waals surface area contributed by atoms with Crippen LogP contribution in [0.15, 0.2) is 91.4 Å². The Hall–Kier alpha value is -3.70. The highest BCUT2D eigenvalue weighted by molar-refractivity contribution is 5.91. The van der Waals surface area contributed by atoms with Crippen molar-refractivity contribution in [3.05, 3.63) is 103 Å². The molecule has 1 saturated heterocycles. The fourth-order valence-electron chi connectivity index (χ4n) is 5.24. The van der Waals surface area contributed by atoms with E-state index in [1.54, 1.807) is 0 Å². The highest BCUT2D eigenvalue weighted by Crippen LogP contribution is 2.41. The van der Waals surface area contributed by atoms with E-state index in [0.717, 1.165) is 54.1 Å². The Kier molecular flexibility index (Phi) is 5.47. The largest absolute Gasteiger partial charge is 0.489 e. The van der Waals surface area contributed by atoms with Crippen LogP contribution in [0.3, 0.4) is 0 Å². The number of rotatable bonds is 5. The molecule has 170 valence electrons. The first-order chi connectivity index (χ1) is 16.7. The lowest BCUT2D eigenvalue weighted by Gasteiger charge is -2.28. The summed E-state index contributed by atoms with van der Waals surface area (Å²) < 4.78 is 19.8. The third kappa shape index (κ3) is 4.03. The zero-order valence-corrected chi connectivity index (χ0v) is 18.8. The molecule has 4 heterocycles. The Morgan fingerprint density at radius 1 is 0.941 bits per heavy atom. The van der Waals surface area contributed by atoms with Crippen LogP contribution < -0.4 is 4.74 Å². The van der Waals surface area contributed by atoms with Crippen LogP contribution in [0.2, 0.25) is 0 Å². The fourth-order valence-corrected chi connectivity index (χ4v) is 5.24. The summed E-state index contributed by atoms with van der Waals surface area (Å²) in [6.07, 6.45) is 10.3. The van der Waals surface area contributed by atoms with Crippen molar-refractivity contribution in [3.63, 3.8) is 0 Å². The van der Waals surface area contributed by atoms with Crippen molar-refractivity contribution in [1.82, 2.24) is 14.9 Å². The average Bonchev–Trinajstić information content (AvgIpc) is 3.49. The monoisotopic (exact) mass is 451 g/mol. The third-order valence-electron chi connectivity index (χ3n) is 6.85. The Labute approximate surface area is 198 Å². The van der Waals surface area contributed by atoms with E-state index in [-0.39, 0.29) is 11.9 Å². The summed E-state index contributed by atoms with van der Waals surface area (Å²) in [5.74, 6) is 0.704. The summed E-state index contributed by atoms with van der Waals surface area (Å²) in [6.45, 7) is 1.96. The molecule has 2 aliphatic rings. The van der Waals surface area contributed by atoms with Crippen LogP contribution in [-0.2, 0) is 0 Å². The lowest BCUT2D eigenvalue weighted by atomic mass is 9.90. The van der Waals surface area contributed by atoms with Crippen molar-refractivity contribution in [1.29, 1.82) is 0 Å². The van der Waals surface area contributed by atoms with Gasteiger partial charge in [0.05, 0.1) is 5.69 Å². The zero-order chi connectivity index (χ0) is 22.9. The zero-order valence-electron chi connectivity index (χ0n) is 18.8. The maximum atomic E-state index is 13.6. The van der Waals surface area contributed by atoms with Crippen LogP contribution in [0.1, 0.15) is 18.4 Å². The summed E-state index contributed by atoms with van der Waals surface area (Å²) in [5, 5.41) is 0. The number of aromatic amines is 1. The Bertz CT molecular complexity index is 1300. The van der Waals surface area contributed by atoms with Gasteiger partial charge in [0.1, 0.15) is 17.7 Å². The van der Waals surface area contributed by atoms with Gasteiger partial charge in [-0.05, 0) is 71.7 Å². The Morgan fingerprint density at radius 3 is 2.53 bits per heavy atom. The molecule has 0 unspecified atom stereocenters. The van der Waals surface area contributed by atoms with Crippen molar-refractivity contribution >= 4 is 5.57 Å². The van der Waals surface area contributed by atoms with E-state index in [0.29, 0.717) is 6.04 Å². The van der Waals surface area contributed by atoms with E-state index < -0.39 is 0 Å². The predicted molar refractivity (Wildman–Crippen MR) is 133 cm³/mol. The SMILES string of the molecule is Fc1ccc(-c2[nH]cc(C3=C[C@@H]4C[C@H](Oc5ccccc5)CN4CC3)c2-c2ccncc2)cc1. The lowest BCUT2D eigenvalue weighted by Crippen LogP contribution is -2.33. The van der Waals surface area contributed by atoms with Crippen LogP contribution in [-0.4, -0.2) is 40.1 Å². The van der Waals surface area contributed by atoms with Gasteiger partial charge >= 0.3 is 0 Å². The molecule has 4 aromatic rings. The molecule has 2 atom stereocenters. The Balaban J connectivity index is 1.33. The molecule has 2 aromatic heterocycles. The van der Waals surface area contributed by atoms with E-state index in [1.165, 1.54) is 23.3 Å². The van der Waals surface area contributed by atoms with Crippen molar-refractivity contribution in [3.8, 4) is 28.1 Å². The molecule has 1 N–H and O–H groups in total.